The van der Waals surface area contributed by atoms with E-state index in [2.05, 4.69) is 25.7 Å². The molecular weight excluding hydrogens is 172 g/mol. The third kappa shape index (κ3) is 3.58. The molecule has 84 valence electrons. The summed E-state index contributed by atoms with van der Waals surface area (Å²) in [5.41, 5.74) is 6.04. The molecule has 0 aliphatic carbocycles. The third-order valence-electron chi connectivity index (χ3n) is 3.27. The predicted octanol–water partition coefficient (Wildman–Crippen LogP) is 2.09. The molecule has 2 heteroatoms. The van der Waals surface area contributed by atoms with Gasteiger partial charge in [-0.15, -0.1) is 0 Å². The Morgan fingerprint density at radius 3 is 2.71 bits per heavy atom. The van der Waals surface area contributed by atoms with Crippen LogP contribution < -0.4 is 5.73 Å². The van der Waals surface area contributed by atoms with Gasteiger partial charge in [-0.05, 0) is 37.3 Å². The van der Waals surface area contributed by atoms with Gasteiger partial charge < -0.3 is 10.6 Å². The molecule has 0 aromatic carbocycles. The standard InChI is InChI=1S/C12H26N2/c1-4-5-11-6-7-14(8-11)10-12(2,3)9-13/h11H,4-10,13H2,1-3H3. The van der Waals surface area contributed by atoms with Crippen molar-refractivity contribution < 1.29 is 0 Å². The molecule has 0 bridgehead atoms. The maximum Gasteiger partial charge on any atom is 0.00449 e. The van der Waals surface area contributed by atoms with Crippen LogP contribution in [0.4, 0.5) is 0 Å². The monoisotopic (exact) mass is 198 g/mol. The summed E-state index contributed by atoms with van der Waals surface area (Å²) in [6, 6.07) is 0. The Kier molecular flexibility index (Phi) is 4.39. The van der Waals surface area contributed by atoms with Crippen LogP contribution in [0, 0.1) is 11.3 Å². The van der Waals surface area contributed by atoms with E-state index in [0.717, 1.165) is 12.5 Å². The number of nitrogens with zero attached hydrogens (tertiary/aromatic N) is 1. The minimum atomic E-state index is 0.293. The van der Waals surface area contributed by atoms with E-state index in [1.165, 1.54) is 38.9 Å². The number of hydrogen-bond acceptors (Lipinski definition) is 2. The van der Waals surface area contributed by atoms with E-state index in [9.17, 15) is 0 Å². The van der Waals surface area contributed by atoms with Gasteiger partial charge in [-0.1, -0.05) is 27.2 Å². The summed E-state index contributed by atoms with van der Waals surface area (Å²) in [5, 5.41) is 0. The van der Waals surface area contributed by atoms with Crippen molar-refractivity contribution in [1.82, 2.24) is 4.90 Å². The van der Waals surface area contributed by atoms with E-state index in [1.807, 2.05) is 0 Å². The van der Waals surface area contributed by atoms with Gasteiger partial charge in [-0.25, -0.2) is 0 Å². The SMILES string of the molecule is CCCC1CCN(CC(C)(C)CN)C1. The third-order valence-corrected chi connectivity index (χ3v) is 3.27. The van der Waals surface area contributed by atoms with Crippen LogP contribution in [0.15, 0.2) is 0 Å². The maximum absolute atomic E-state index is 5.75. The highest BCUT2D eigenvalue weighted by atomic mass is 15.2. The number of rotatable bonds is 5. The van der Waals surface area contributed by atoms with Gasteiger partial charge >= 0.3 is 0 Å². The van der Waals surface area contributed by atoms with Crippen molar-refractivity contribution in [3.63, 3.8) is 0 Å². The molecule has 2 N–H and O–H groups in total. The summed E-state index contributed by atoms with van der Waals surface area (Å²) in [5.74, 6) is 0.952. The zero-order chi connectivity index (χ0) is 10.6. The highest BCUT2D eigenvalue weighted by molar-refractivity contribution is 4.81. The van der Waals surface area contributed by atoms with Crippen molar-refractivity contribution in [2.24, 2.45) is 17.1 Å². The molecular formula is C12H26N2. The minimum absolute atomic E-state index is 0.293. The van der Waals surface area contributed by atoms with Crippen molar-refractivity contribution in [3.05, 3.63) is 0 Å². The van der Waals surface area contributed by atoms with E-state index in [4.69, 9.17) is 5.73 Å². The molecule has 1 fully saturated rings. The zero-order valence-corrected chi connectivity index (χ0v) is 10.1. The lowest BCUT2D eigenvalue weighted by Gasteiger charge is -2.28. The number of hydrogen-bond donors (Lipinski definition) is 1. The topological polar surface area (TPSA) is 29.3 Å². The Morgan fingerprint density at radius 2 is 2.14 bits per heavy atom. The molecule has 0 aromatic heterocycles. The summed E-state index contributed by atoms with van der Waals surface area (Å²) in [6.07, 6.45) is 4.13. The normalized spacial score (nSPS) is 24.4. The highest BCUT2D eigenvalue weighted by Gasteiger charge is 2.26. The maximum atomic E-state index is 5.75. The van der Waals surface area contributed by atoms with Gasteiger partial charge in [0, 0.05) is 13.1 Å². The first kappa shape index (κ1) is 12.0. The van der Waals surface area contributed by atoms with E-state index >= 15 is 0 Å². The van der Waals surface area contributed by atoms with E-state index in [1.54, 1.807) is 0 Å². The molecule has 1 heterocycles. The Hall–Kier alpha value is -0.0800. The Bertz CT molecular complexity index is 166. The molecule has 2 nitrogen and oxygen atoms in total. The molecule has 0 aromatic rings. The average molecular weight is 198 g/mol. The zero-order valence-electron chi connectivity index (χ0n) is 10.1. The van der Waals surface area contributed by atoms with Crippen LogP contribution in [-0.2, 0) is 0 Å². The van der Waals surface area contributed by atoms with Gasteiger partial charge in [-0.3, -0.25) is 0 Å². The second-order valence-corrected chi connectivity index (χ2v) is 5.55. The van der Waals surface area contributed by atoms with Crippen LogP contribution in [0.2, 0.25) is 0 Å². The smallest absolute Gasteiger partial charge is 0.00449 e. The molecule has 1 aliphatic rings. The summed E-state index contributed by atoms with van der Waals surface area (Å²) in [4.78, 5) is 2.59. The first-order chi connectivity index (χ1) is 6.57. The fourth-order valence-electron chi connectivity index (χ4n) is 2.37. The van der Waals surface area contributed by atoms with Gasteiger partial charge in [-0.2, -0.15) is 0 Å². The van der Waals surface area contributed by atoms with Gasteiger partial charge in [0.15, 0.2) is 0 Å². The summed E-state index contributed by atoms with van der Waals surface area (Å²) >= 11 is 0. The molecule has 1 aliphatic heterocycles. The lowest BCUT2D eigenvalue weighted by atomic mass is 9.93. The van der Waals surface area contributed by atoms with E-state index in [0.29, 0.717) is 5.41 Å². The van der Waals surface area contributed by atoms with Crippen LogP contribution in [0.25, 0.3) is 0 Å². The van der Waals surface area contributed by atoms with Gasteiger partial charge in [0.2, 0.25) is 0 Å². The van der Waals surface area contributed by atoms with Crippen LogP contribution in [0.1, 0.15) is 40.0 Å². The first-order valence-electron chi connectivity index (χ1n) is 6.00. The molecule has 1 rings (SSSR count). The highest BCUT2D eigenvalue weighted by Crippen LogP contribution is 2.24. The quantitative estimate of drug-likeness (QED) is 0.733. The lowest BCUT2D eigenvalue weighted by molar-refractivity contribution is 0.209. The second-order valence-electron chi connectivity index (χ2n) is 5.55. The fourth-order valence-corrected chi connectivity index (χ4v) is 2.37. The van der Waals surface area contributed by atoms with Crippen molar-refractivity contribution in [3.8, 4) is 0 Å². The van der Waals surface area contributed by atoms with Gasteiger partial charge in [0.25, 0.3) is 0 Å². The van der Waals surface area contributed by atoms with E-state index < -0.39 is 0 Å². The molecule has 0 saturated carbocycles. The molecule has 0 amide bonds. The lowest BCUT2D eigenvalue weighted by Crippen LogP contribution is -2.37. The molecule has 1 saturated heterocycles. The largest absolute Gasteiger partial charge is 0.330 e. The number of nitrogens with two attached hydrogens (primary N) is 1. The second kappa shape index (κ2) is 5.13. The average Bonchev–Trinajstić information content (AvgIpc) is 2.53. The molecule has 0 radical (unpaired) electrons. The molecule has 1 unspecified atom stereocenters. The fraction of sp³-hybridized carbons (Fsp3) is 1.00. The van der Waals surface area contributed by atoms with E-state index in [-0.39, 0.29) is 0 Å². The van der Waals surface area contributed by atoms with Crippen molar-refractivity contribution in [2.75, 3.05) is 26.2 Å². The Morgan fingerprint density at radius 1 is 1.43 bits per heavy atom. The summed E-state index contributed by atoms with van der Waals surface area (Å²) in [6.45, 7) is 11.4. The van der Waals surface area contributed by atoms with Crippen LogP contribution in [-0.4, -0.2) is 31.1 Å². The van der Waals surface area contributed by atoms with Gasteiger partial charge in [0.1, 0.15) is 0 Å². The van der Waals surface area contributed by atoms with Crippen LogP contribution in [0.3, 0.4) is 0 Å². The Balaban J connectivity index is 2.28. The first-order valence-corrected chi connectivity index (χ1v) is 6.00. The van der Waals surface area contributed by atoms with Gasteiger partial charge in [0.05, 0.1) is 0 Å². The molecule has 0 spiro atoms. The minimum Gasteiger partial charge on any atom is -0.330 e. The van der Waals surface area contributed by atoms with Crippen LogP contribution >= 0.6 is 0 Å². The van der Waals surface area contributed by atoms with Crippen LogP contribution in [0.5, 0.6) is 0 Å². The molecule has 14 heavy (non-hydrogen) atoms. The van der Waals surface area contributed by atoms with Crippen molar-refractivity contribution in [2.45, 2.75) is 40.0 Å². The predicted molar refractivity (Wildman–Crippen MR) is 62.3 cm³/mol. The Labute approximate surface area is 88.8 Å². The summed E-state index contributed by atoms with van der Waals surface area (Å²) in [7, 11) is 0. The number of likely N-dealkylation sites (tertiary alicyclic amines) is 1. The van der Waals surface area contributed by atoms with Crippen molar-refractivity contribution >= 4 is 0 Å². The summed E-state index contributed by atoms with van der Waals surface area (Å²) < 4.78 is 0. The van der Waals surface area contributed by atoms with Crippen molar-refractivity contribution in [1.29, 1.82) is 0 Å². The molecule has 1 atom stereocenters.